The number of carboxylic acid groups (broad SMARTS) is 1. The number of esters is 1. The molecule has 0 aromatic heterocycles. The van der Waals surface area contributed by atoms with Gasteiger partial charge < -0.3 is 14.6 Å². The van der Waals surface area contributed by atoms with Crippen LogP contribution in [0.2, 0.25) is 0 Å². The average molecular weight is 331 g/mol. The molecule has 1 aromatic rings. The largest absolute Gasteiger partial charge is 0.497 e. The number of hydrogen-bond acceptors (Lipinski definition) is 4. The van der Waals surface area contributed by atoms with Gasteiger partial charge in [-0.3, -0.25) is 9.59 Å². The summed E-state index contributed by atoms with van der Waals surface area (Å²) in [6.07, 6.45) is 0.0476. The van der Waals surface area contributed by atoms with Crippen molar-refractivity contribution in [2.45, 2.75) is 13.3 Å². The molecule has 0 aliphatic rings. The summed E-state index contributed by atoms with van der Waals surface area (Å²) in [4.78, 5) is 22.7. The second-order valence-corrected chi connectivity index (χ2v) is 4.66. The summed E-state index contributed by atoms with van der Waals surface area (Å²) in [5.74, 6) is -2.55. The van der Waals surface area contributed by atoms with Gasteiger partial charge in [0.25, 0.3) is 0 Å². The van der Waals surface area contributed by atoms with Crippen molar-refractivity contribution < 1.29 is 24.2 Å². The molecule has 1 aromatic carbocycles. The van der Waals surface area contributed by atoms with Gasteiger partial charge in [0.15, 0.2) is 5.92 Å². The van der Waals surface area contributed by atoms with E-state index >= 15 is 0 Å². The Morgan fingerprint density at radius 2 is 2.11 bits per heavy atom. The molecule has 19 heavy (non-hydrogen) atoms. The van der Waals surface area contributed by atoms with E-state index in [2.05, 4.69) is 15.9 Å². The number of ether oxygens (including phenoxy) is 2. The van der Waals surface area contributed by atoms with Gasteiger partial charge in [0.2, 0.25) is 0 Å². The monoisotopic (exact) mass is 330 g/mol. The quantitative estimate of drug-likeness (QED) is 0.639. The summed E-state index contributed by atoms with van der Waals surface area (Å²) >= 11 is 3.32. The Balaban J connectivity index is 2.96. The van der Waals surface area contributed by atoms with Crippen LogP contribution in [-0.2, 0) is 20.7 Å². The van der Waals surface area contributed by atoms with E-state index < -0.39 is 17.9 Å². The van der Waals surface area contributed by atoms with Gasteiger partial charge in [-0.1, -0.05) is 15.9 Å². The van der Waals surface area contributed by atoms with Crippen molar-refractivity contribution in [1.29, 1.82) is 0 Å². The maximum atomic E-state index is 11.6. The van der Waals surface area contributed by atoms with Crippen molar-refractivity contribution in [1.82, 2.24) is 0 Å². The first-order valence-corrected chi connectivity index (χ1v) is 6.50. The Kier molecular flexibility index (Phi) is 5.82. The number of hydrogen-bond donors (Lipinski definition) is 1. The minimum atomic E-state index is -1.22. The van der Waals surface area contributed by atoms with Gasteiger partial charge in [0, 0.05) is 4.47 Å². The maximum Gasteiger partial charge on any atom is 0.320 e. The second kappa shape index (κ2) is 7.13. The third-order valence-corrected chi connectivity index (χ3v) is 3.32. The highest BCUT2D eigenvalue weighted by atomic mass is 79.9. The normalized spacial score (nSPS) is 11.7. The molecule has 0 spiro atoms. The third-order valence-electron chi connectivity index (χ3n) is 2.55. The first-order valence-electron chi connectivity index (χ1n) is 5.71. The zero-order chi connectivity index (χ0) is 14.4. The smallest absolute Gasteiger partial charge is 0.320 e. The number of carbonyl (C=O) groups excluding carboxylic acids is 1. The minimum Gasteiger partial charge on any atom is -0.497 e. The van der Waals surface area contributed by atoms with E-state index in [1.807, 2.05) is 0 Å². The molecule has 0 saturated carbocycles. The Labute approximate surface area is 119 Å². The number of methoxy groups -OCH3 is 1. The van der Waals surface area contributed by atoms with Gasteiger partial charge in [0.1, 0.15) is 5.75 Å². The lowest BCUT2D eigenvalue weighted by Gasteiger charge is -2.13. The Morgan fingerprint density at radius 1 is 1.42 bits per heavy atom. The van der Waals surface area contributed by atoms with Gasteiger partial charge in [0.05, 0.1) is 13.7 Å². The zero-order valence-corrected chi connectivity index (χ0v) is 12.3. The van der Waals surface area contributed by atoms with Crippen LogP contribution in [0.1, 0.15) is 12.5 Å². The summed E-state index contributed by atoms with van der Waals surface area (Å²) in [5, 5.41) is 9.10. The lowest BCUT2D eigenvalue weighted by Crippen LogP contribution is -2.28. The Bertz CT molecular complexity index is 472. The molecule has 0 fully saturated rings. The molecule has 0 radical (unpaired) electrons. The predicted octanol–water partition coefficient (Wildman–Crippen LogP) is 2.26. The maximum absolute atomic E-state index is 11.6. The molecule has 0 aliphatic heterocycles. The van der Waals surface area contributed by atoms with E-state index in [0.717, 1.165) is 4.47 Å². The van der Waals surface area contributed by atoms with Gasteiger partial charge in [-0.05, 0) is 37.1 Å². The van der Waals surface area contributed by atoms with Crippen LogP contribution in [0.5, 0.6) is 5.75 Å². The summed E-state index contributed by atoms with van der Waals surface area (Å²) in [7, 11) is 1.52. The number of carbonyl (C=O) groups is 2. The van der Waals surface area contributed by atoms with E-state index in [1.165, 1.54) is 7.11 Å². The highest BCUT2D eigenvalue weighted by molar-refractivity contribution is 9.10. The highest BCUT2D eigenvalue weighted by Crippen LogP contribution is 2.25. The van der Waals surface area contributed by atoms with Crippen LogP contribution in [0, 0.1) is 5.92 Å². The Morgan fingerprint density at radius 3 is 2.63 bits per heavy atom. The van der Waals surface area contributed by atoms with Crippen LogP contribution in [-0.4, -0.2) is 30.8 Å². The van der Waals surface area contributed by atoms with E-state index in [4.69, 9.17) is 14.6 Å². The van der Waals surface area contributed by atoms with Crippen LogP contribution in [0.25, 0.3) is 0 Å². The third kappa shape index (κ3) is 4.24. The first kappa shape index (κ1) is 15.5. The van der Waals surface area contributed by atoms with Crippen molar-refractivity contribution in [2.24, 2.45) is 5.92 Å². The SMILES string of the molecule is CCOC(=O)C(Cc1cc(OC)ccc1Br)C(=O)O. The minimum absolute atomic E-state index is 0.0476. The van der Waals surface area contributed by atoms with Gasteiger partial charge >= 0.3 is 11.9 Å². The van der Waals surface area contributed by atoms with Gasteiger partial charge in [-0.25, -0.2) is 0 Å². The highest BCUT2D eigenvalue weighted by Gasteiger charge is 2.28. The van der Waals surface area contributed by atoms with Crippen LogP contribution < -0.4 is 4.74 Å². The molecule has 104 valence electrons. The average Bonchev–Trinajstić information content (AvgIpc) is 2.37. The molecule has 0 bridgehead atoms. The summed E-state index contributed by atoms with van der Waals surface area (Å²) in [6, 6.07) is 5.19. The fourth-order valence-electron chi connectivity index (χ4n) is 1.57. The van der Waals surface area contributed by atoms with E-state index in [1.54, 1.807) is 25.1 Å². The molecular weight excluding hydrogens is 316 g/mol. The van der Waals surface area contributed by atoms with Crippen LogP contribution >= 0.6 is 15.9 Å². The molecule has 1 atom stereocenters. The van der Waals surface area contributed by atoms with Gasteiger partial charge in [-0.2, -0.15) is 0 Å². The lowest BCUT2D eigenvalue weighted by molar-refractivity contribution is -0.158. The van der Waals surface area contributed by atoms with Crippen LogP contribution in [0.4, 0.5) is 0 Å². The van der Waals surface area contributed by atoms with Crippen molar-refractivity contribution in [2.75, 3.05) is 13.7 Å². The van der Waals surface area contributed by atoms with Crippen molar-refractivity contribution in [3.63, 3.8) is 0 Å². The summed E-state index contributed by atoms with van der Waals surface area (Å²) < 4.78 is 10.6. The lowest BCUT2D eigenvalue weighted by atomic mass is 9.99. The van der Waals surface area contributed by atoms with E-state index in [0.29, 0.717) is 11.3 Å². The fraction of sp³-hybridized carbons (Fsp3) is 0.385. The molecule has 1 N–H and O–H groups in total. The van der Waals surface area contributed by atoms with Crippen molar-refractivity contribution >= 4 is 27.9 Å². The van der Waals surface area contributed by atoms with E-state index in [-0.39, 0.29) is 13.0 Å². The van der Waals surface area contributed by atoms with E-state index in [9.17, 15) is 9.59 Å². The number of rotatable bonds is 6. The number of aliphatic carboxylic acids is 1. The van der Waals surface area contributed by atoms with Crippen molar-refractivity contribution in [3.05, 3.63) is 28.2 Å². The summed E-state index contributed by atoms with van der Waals surface area (Å²) in [5.41, 5.74) is 0.680. The molecule has 0 saturated heterocycles. The molecule has 6 heteroatoms. The Hall–Kier alpha value is -1.56. The predicted molar refractivity (Wildman–Crippen MR) is 72.2 cm³/mol. The molecular formula is C13H15BrO5. The topological polar surface area (TPSA) is 72.8 Å². The van der Waals surface area contributed by atoms with Crippen LogP contribution in [0.15, 0.2) is 22.7 Å². The number of carboxylic acids is 1. The van der Waals surface area contributed by atoms with Crippen LogP contribution in [0.3, 0.4) is 0 Å². The number of halogens is 1. The fourth-order valence-corrected chi connectivity index (χ4v) is 1.98. The molecule has 1 rings (SSSR count). The molecule has 1 unspecified atom stereocenters. The molecule has 0 amide bonds. The zero-order valence-electron chi connectivity index (χ0n) is 10.7. The first-order chi connectivity index (χ1) is 8.99. The second-order valence-electron chi connectivity index (χ2n) is 3.80. The van der Waals surface area contributed by atoms with Gasteiger partial charge in [-0.15, -0.1) is 0 Å². The molecule has 5 nitrogen and oxygen atoms in total. The number of benzene rings is 1. The van der Waals surface area contributed by atoms with Crippen molar-refractivity contribution in [3.8, 4) is 5.75 Å². The molecule has 0 heterocycles. The standard InChI is InChI=1S/C13H15BrO5/c1-3-19-13(17)10(12(15)16)7-8-6-9(18-2)4-5-11(8)14/h4-6,10H,3,7H2,1-2H3,(H,15,16). The summed E-state index contributed by atoms with van der Waals surface area (Å²) in [6.45, 7) is 1.79. The molecule has 0 aliphatic carbocycles.